The van der Waals surface area contributed by atoms with Gasteiger partial charge in [-0.3, -0.25) is 4.90 Å². The Labute approximate surface area is 99.8 Å². The minimum atomic E-state index is 0.803. The van der Waals surface area contributed by atoms with Crippen LogP contribution in [0.3, 0.4) is 0 Å². The van der Waals surface area contributed by atoms with Crippen LogP contribution in [0.4, 0.5) is 0 Å². The van der Waals surface area contributed by atoms with Gasteiger partial charge in [-0.05, 0) is 44.4 Å². The quantitative estimate of drug-likeness (QED) is 0.742. The van der Waals surface area contributed by atoms with Gasteiger partial charge in [0.15, 0.2) is 0 Å². The molecule has 2 heteroatoms. The summed E-state index contributed by atoms with van der Waals surface area (Å²) in [5.41, 5.74) is 0. The molecule has 0 aromatic rings. The molecular formula is C14H26N2. The van der Waals surface area contributed by atoms with E-state index in [0.29, 0.717) is 0 Å². The molecule has 1 heterocycles. The van der Waals surface area contributed by atoms with Gasteiger partial charge in [0.2, 0.25) is 0 Å². The van der Waals surface area contributed by atoms with E-state index in [1.807, 2.05) is 0 Å². The first-order chi connectivity index (χ1) is 7.86. The Morgan fingerprint density at radius 1 is 1.19 bits per heavy atom. The molecule has 2 saturated carbocycles. The molecule has 0 radical (unpaired) electrons. The fourth-order valence-corrected chi connectivity index (χ4v) is 3.26. The average molecular weight is 222 g/mol. The number of hydrogen-bond acceptors (Lipinski definition) is 2. The van der Waals surface area contributed by atoms with Crippen LogP contribution >= 0.6 is 0 Å². The van der Waals surface area contributed by atoms with Gasteiger partial charge in [-0.25, -0.2) is 0 Å². The summed E-state index contributed by atoms with van der Waals surface area (Å²) in [7, 11) is 0. The zero-order valence-corrected chi connectivity index (χ0v) is 10.6. The summed E-state index contributed by atoms with van der Waals surface area (Å²) >= 11 is 0. The first-order valence-electron chi connectivity index (χ1n) is 7.37. The van der Waals surface area contributed by atoms with Crippen LogP contribution in [0, 0.1) is 5.92 Å². The SMILES string of the molecule is CCCC(NC1CCN(C2CC2)C1)C1CC1. The Kier molecular flexibility index (Phi) is 3.21. The highest BCUT2D eigenvalue weighted by molar-refractivity contribution is 4.95. The maximum Gasteiger partial charge on any atom is 0.0210 e. The van der Waals surface area contributed by atoms with Crippen molar-refractivity contribution in [2.75, 3.05) is 13.1 Å². The first kappa shape index (κ1) is 11.0. The van der Waals surface area contributed by atoms with Crippen molar-refractivity contribution in [3.63, 3.8) is 0 Å². The molecular weight excluding hydrogens is 196 g/mol. The van der Waals surface area contributed by atoms with Gasteiger partial charge in [0, 0.05) is 31.2 Å². The van der Waals surface area contributed by atoms with Crippen molar-refractivity contribution in [3.8, 4) is 0 Å². The Hall–Kier alpha value is -0.0800. The van der Waals surface area contributed by atoms with Crippen molar-refractivity contribution < 1.29 is 0 Å². The van der Waals surface area contributed by atoms with Crippen molar-refractivity contribution in [1.82, 2.24) is 10.2 Å². The lowest BCUT2D eigenvalue weighted by Crippen LogP contribution is -2.41. The molecule has 3 fully saturated rings. The lowest BCUT2D eigenvalue weighted by Gasteiger charge is -2.23. The van der Waals surface area contributed by atoms with Gasteiger partial charge in [-0.15, -0.1) is 0 Å². The van der Waals surface area contributed by atoms with Gasteiger partial charge in [-0.1, -0.05) is 13.3 Å². The molecule has 0 spiro atoms. The Balaban J connectivity index is 1.45. The second-order valence-corrected chi connectivity index (χ2v) is 6.11. The highest BCUT2D eigenvalue weighted by atomic mass is 15.2. The van der Waals surface area contributed by atoms with Crippen molar-refractivity contribution in [2.45, 2.75) is 70.0 Å². The Morgan fingerprint density at radius 2 is 2.00 bits per heavy atom. The number of likely N-dealkylation sites (tertiary alicyclic amines) is 1. The van der Waals surface area contributed by atoms with Gasteiger partial charge in [0.05, 0.1) is 0 Å². The van der Waals surface area contributed by atoms with E-state index in [1.165, 1.54) is 58.0 Å². The third-order valence-electron chi connectivity index (χ3n) is 4.52. The standard InChI is InChI=1S/C14H26N2/c1-2-3-14(11-4-5-11)15-12-8-9-16(10-12)13-6-7-13/h11-15H,2-10H2,1H3. The number of nitrogens with zero attached hydrogens (tertiary/aromatic N) is 1. The van der Waals surface area contributed by atoms with Crippen LogP contribution in [-0.4, -0.2) is 36.1 Å². The third kappa shape index (κ3) is 2.60. The van der Waals surface area contributed by atoms with Gasteiger partial charge in [-0.2, -0.15) is 0 Å². The molecule has 92 valence electrons. The van der Waals surface area contributed by atoms with Crippen LogP contribution < -0.4 is 5.32 Å². The van der Waals surface area contributed by atoms with E-state index < -0.39 is 0 Å². The summed E-state index contributed by atoms with van der Waals surface area (Å²) in [6.07, 6.45) is 10.0. The van der Waals surface area contributed by atoms with Gasteiger partial charge >= 0.3 is 0 Å². The number of nitrogens with one attached hydrogen (secondary N) is 1. The Morgan fingerprint density at radius 3 is 2.62 bits per heavy atom. The smallest absolute Gasteiger partial charge is 0.0210 e. The summed E-state index contributed by atoms with van der Waals surface area (Å²) in [5.74, 6) is 1.02. The largest absolute Gasteiger partial charge is 0.310 e. The molecule has 1 saturated heterocycles. The summed E-state index contributed by atoms with van der Waals surface area (Å²) in [6, 6.07) is 2.62. The second kappa shape index (κ2) is 4.66. The predicted octanol–water partition coefficient (Wildman–Crippen LogP) is 2.39. The molecule has 3 aliphatic rings. The molecule has 0 aromatic carbocycles. The van der Waals surface area contributed by atoms with Gasteiger partial charge < -0.3 is 5.32 Å². The highest BCUT2D eigenvalue weighted by Crippen LogP contribution is 2.35. The molecule has 16 heavy (non-hydrogen) atoms. The lowest BCUT2D eigenvalue weighted by atomic mass is 10.1. The topological polar surface area (TPSA) is 15.3 Å². The van der Waals surface area contributed by atoms with Crippen LogP contribution in [-0.2, 0) is 0 Å². The van der Waals surface area contributed by atoms with Gasteiger partial charge in [0.25, 0.3) is 0 Å². The van der Waals surface area contributed by atoms with Crippen LogP contribution in [0.5, 0.6) is 0 Å². The molecule has 1 N–H and O–H groups in total. The maximum atomic E-state index is 3.95. The monoisotopic (exact) mass is 222 g/mol. The van der Waals surface area contributed by atoms with Crippen molar-refractivity contribution >= 4 is 0 Å². The summed E-state index contributed by atoms with van der Waals surface area (Å²) in [4.78, 5) is 2.72. The Bertz CT molecular complexity index is 233. The minimum absolute atomic E-state index is 0.803. The summed E-state index contributed by atoms with van der Waals surface area (Å²) in [6.45, 7) is 5.01. The van der Waals surface area contributed by atoms with Gasteiger partial charge in [0.1, 0.15) is 0 Å². The van der Waals surface area contributed by atoms with Crippen LogP contribution in [0.25, 0.3) is 0 Å². The maximum absolute atomic E-state index is 3.95. The van der Waals surface area contributed by atoms with Crippen LogP contribution in [0.1, 0.15) is 51.9 Å². The fraction of sp³-hybridized carbons (Fsp3) is 1.00. The minimum Gasteiger partial charge on any atom is -0.310 e. The summed E-state index contributed by atoms with van der Waals surface area (Å²) < 4.78 is 0. The second-order valence-electron chi connectivity index (χ2n) is 6.11. The molecule has 1 aliphatic heterocycles. The molecule has 2 atom stereocenters. The zero-order chi connectivity index (χ0) is 11.0. The van der Waals surface area contributed by atoms with E-state index in [9.17, 15) is 0 Å². The zero-order valence-electron chi connectivity index (χ0n) is 10.6. The number of hydrogen-bond donors (Lipinski definition) is 1. The molecule has 2 nitrogen and oxygen atoms in total. The van der Waals surface area contributed by atoms with E-state index in [0.717, 1.165) is 24.0 Å². The fourth-order valence-electron chi connectivity index (χ4n) is 3.26. The van der Waals surface area contributed by atoms with E-state index in [2.05, 4.69) is 17.1 Å². The number of rotatable bonds is 6. The highest BCUT2D eigenvalue weighted by Gasteiger charge is 2.37. The lowest BCUT2D eigenvalue weighted by molar-refractivity contribution is 0.305. The van der Waals surface area contributed by atoms with E-state index in [1.54, 1.807) is 0 Å². The molecule has 2 aliphatic carbocycles. The molecule has 0 aromatic heterocycles. The van der Waals surface area contributed by atoms with Crippen LogP contribution in [0.2, 0.25) is 0 Å². The molecule has 2 unspecified atom stereocenters. The molecule has 3 rings (SSSR count). The van der Waals surface area contributed by atoms with Crippen molar-refractivity contribution in [1.29, 1.82) is 0 Å². The molecule has 0 bridgehead atoms. The van der Waals surface area contributed by atoms with E-state index in [-0.39, 0.29) is 0 Å². The predicted molar refractivity (Wildman–Crippen MR) is 67.6 cm³/mol. The summed E-state index contributed by atoms with van der Waals surface area (Å²) in [5, 5.41) is 3.95. The third-order valence-corrected chi connectivity index (χ3v) is 4.52. The van der Waals surface area contributed by atoms with Crippen LogP contribution in [0.15, 0.2) is 0 Å². The van der Waals surface area contributed by atoms with Crippen molar-refractivity contribution in [2.24, 2.45) is 5.92 Å². The van der Waals surface area contributed by atoms with Crippen molar-refractivity contribution in [3.05, 3.63) is 0 Å². The molecule has 0 amide bonds. The first-order valence-corrected chi connectivity index (χ1v) is 7.37. The van der Waals surface area contributed by atoms with E-state index in [4.69, 9.17) is 0 Å². The normalized spacial score (nSPS) is 33.2. The average Bonchev–Trinajstić information content (AvgIpc) is 3.18. The van der Waals surface area contributed by atoms with E-state index >= 15 is 0 Å².